The van der Waals surface area contributed by atoms with Gasteiger partial charge >= 0.3 is 5.97 Å². The monoisotopic (exact) mass is 179 g/mol. The van der Waals surface area contributed by atoms with Crippen molar-refractivity contribution in [3.63, 3.8) is 0 Å². The molecule has 3 N–H and O–H groups in total. The Morgan fingerprint density at radius 2 is 2.15 bits per heavy atom. The Hall–Kier alpha value is -1.51. The lowest BCUT2D eigenvalue weighted by atomic mass is 9.98. The first-order chi connectivity index (χ1) is 6.07. The zero-order valence-corrected chi connectivity index (χ0v) is 7.79. The third kappa shape index (κ3) is 1.64. The van der Waals surface area contributed by atoms with Gasteiger partial charge in [0.05, 0.1) is 5.56 Å². The van der Waals surface area contributed by atoms with Crippen LogP contribution in [0.4, 0.5) is 5.69 Å². The second kappa shape index (κ2) is 3.47. The predicted molar refractivity (Wildman–Crippen MR) is 51.9 cm³/mol. The summed E-state index contributed by atoms with van der Waals surface area (Å²) in [6.07, 6.45) is 0.648. The zero-order chi connectivity index (χ0) is 10.0. The highest BCUT2D eigenvalue weighted by molar-refractivity contribution is 5.92. The number of carboxylic acid groups (broad SMARTS) is 1. The van der Waals surface area contributed by atoms with Gasteiger partial charge < -0.3 is 10.8 Å². The molecule has 0 radical (unpaired) electrons. The average Bonchev–Trinajstić information content (AvgIpc) is 2.07. The van der Waals surface area contributed by atoms with Gasteiger partial charge in [-0.3, -0.25) is 0 Å². The van der Waals surface area contributed by atoms with Crippen LogP contribution in [0.15, 0.2) is 12.1 Å². The van der Waals surface area contributed by atoms with Gasteiger partial charge in [-0.2, -0.15) is 0 Å². The van der Waals surface area contributed by atoms with E-state index in [1.54, 1.807) is 19.1 Å². The molecule has 70 valence electrons. The summed E-state index contributed by atoms with van der Waals surface area (Å²) in [6, 6.07) is 3.48. The van der Waals surface area contributed by atoms with Crippen LogP contribution in [0.2, 0.25) is 0 Å². The van der Waals surface area contributed by atoms with E-state index in [2.05, 4.69) is 0 Å². The lowest BCUT2D eigenvalue weighted by molar-refractivity contribution is 0.0695. The van der Waals surface area contributed by atoms with Gasteiger partial charge in [0.2, 0.25) is 0 Å². The smallest absolute Gasteiger partial charge is 0.336 e. The van der Waals surface area contributed by atoms with Gasteiger partial charge in [0.15, 0.2) is 0 Å². The third-order valence-corrected chi connectivity index (χ3v) is 2.12. The molecule has 0 amide bonds. The van der Waals surface area contributed by atoms with Crippen molar-refractivity contribution < 1.29 is 9.90 Å². The highest BCUT2D eigenvalue weighted by Gasteiger charge is 2.13. The minimum Gasteiger partial charge on any atom is -0.478 e. The van der Waals surface area contributed by atoms with Gasteiger partial charge in [0.1, 0.15) is 0 Å². The Bertz CT molecular complexity index is 345. The molecule has 1 aromatic carbocycles. The van der Waals surface area contributed by atoms with Gasteiger partial charge in [0, 0.05) is 5.69 Å². The minimum absolute atomic E-state index is 0.350. The van der Waals surface area contributed by atoms with E-state index in [9.17, 15) is 4.79 Å². The highest BCUT2D eigenvalue weighted by Crippen LogP contribution is 2.21. The molecule has 13 heavy (non-hydrogen) atoms. The van der Waals surface area contributed by atoms with Crippen LogP contribution in [0.25, 0.3) is 0 Å². The first kappa shape index (κ1) is 9.58. The summed E-state index contributed by atoms with van der Waals surface area (Å²) in [7, 11) is 0. The van der Waals surface area contributed by atoms with Crippen molar-refractivity contribution in [2.75, 3.05) is 5.73 Å². The second-order valence-electron chi connectivity index (χ2n) is 2.98. The Morgan fingerprint density at radius 3 is 2.54 bits per heavy atom. The molecule has 1 rings (SSSR count). The molecule has 0 aliphatic heterocycles. The molecule has 0 saturated heterocycles. The van der Waals surface area contributed by atoms with E-state index in [-0.39, 0.29) is 0 Å². The van der Waals surface area contributed by atoms with Crippen LogP contribution >= 0.6 is 0 Å². The van der Waals surface area contributed by atoms with E-state index in [4.69, 9.17) is 10.8 Å². The standard InChI is InChI=1S/C10H13NO2/c1-3-7-8(11)5-4-6(2)9(7)10(12)13/h4-5H,3,11H2,1-2H3,(H,12,13). The fourth-order valence-corrected chi connectivity index (χ4v) is 1.46. The molecule has 0 saturated carbocycles. The highest BCUT2D eigenvalue weighted by atomic mass is 16.4. The largest absolute Gasteiger partial charge is 0.478 e. The van der Waals surface area contributed by atoms with Gasteiger partial charge in [-0.15, -0.1) is 0 Å². The van der Waals surface area contributed by atoms with E-state index >= 15 is 0 Å². The van der Waals surface area contributed by atoms with Crippen LogP contribution < -0.4 is 5.73 Å². The van der Waals surface area contributed by atoms with Gasteiger partial charge in [-0.05, 0) is 30.5 Å². The molecular formula is C10H13NO2. The van der Waals surface area contributed by atoms with Crippen LogP contribution in [0.3, 0.4) is 0 Å². The lowest BCUT2D eigenvalue weighted by Gasteiger charge is -2.09. The Labute approximate surface area is 77.2 Å². The Kier molecular flexibility index (Phi) is 2.56. The summed E-state index contributed by atoms with van der Waals surface area (Å²) >= 11 is 0. The van der Waals surface area contributed by atoms with E-state index in [0.29, 0.717) is 17.7 Å². The van der Waals surface area contributed by atoms with E-state index < -0.39 is 5.97 Å². The van der Waals surface area contributed by atoms with E-state index in [1.807, 2.05) is 6.92 Å². The number of nitrogen functional groups attached to an aromatic ring is 1. The maximum atomic E-state index is 10.9. The number of nitrogens with two attached hydrogens (primary N) is 1. The second-order valence-corrected chi connectivity index (χ2v) is 2.98. The first-order valence-corrected chi connectivity index (χ1v) is 4.19. The normalized spacial score (nSPS) is 10.0. The van der Waals surface area contributed by atoms with Gasteiger partial charge in [-0.25, -0.2) is 4.79 Å². The van der Waals surface area contributed by atoms with Gasteiger partial charge in [-0.1, -0.05) is 13.0 Å². The average molecular weight is 179 g/mol. The molecule has 1 aromatic rings. The third-order valence-electron chi connectivity index (χ3n) is 2.12. The molecule has 0 fully saturated rings. The van der Waals surface area contributed by atoms with Gasteiger partial charge in [0.25, 0.3) is 0 Å². The van der Waals surface area contributed by atoms with Crippen molar-refractivity contribution >= 4 is 11.7 Å². The van der Waals surface area contributed by atoms with Crippen molar-refractivity contribution in [2.24, 2.45) is 0 Å². The van der Waals surface area contributed by atoms with E-state index in [0.717, 1.165) is 11.1 Å². The topological polar surface area (TPSA) is 63.3 Å². The molecule has 0 aliphatic rings. The fourth-order valence-electron chi connectivity index (χ4n) is 1.46. The number of rotatable bonds is 2. The van der Waals surface area contributed by atoms with Crippen LogP contribution in [-0.4, -0.2) is 11.1 Å². The number of benzene rings is 1. The molecule has 0 unspecified atom stereocenters. The Balaban J connectivity index is 3.43. The first-order valence-electron chi connectivity index (χ1n) is 4.19. The van der Waals surface area contributed by atoms with Crippen molar-refractivity contribution in [2.45, 2.75) is 20.3 Å². The summed E-state index contributed by atoms with van der Waals surface area (Å²) in [5, 5.41) is 8.95. The van der Waals surface area contributed by atoms with E-state index in [1.165, 1.54) is 0 Å². The Morgan fingerprint density at radius 1 is 1.54 bits per heavy atom. The zero-order valence-electron chi connectivity index (χ0n) is 7.79. The number of anilines is 1. The minimum atomic E-state index is -0.901. The molecule has 0 aromatic heterocycles. The quantitative estimate of drug-likeness (QED) is 0.681. The number of carbonyl (C=O) groups is 1. The SMILES string of the molecule is CCc1c(N)ccc(C)c1C(=O)O. The summed E-state index contributed by atoms with van der Waals surface area (Å²) in [5.41, 5.74) is 8.08. The molecule has 3 nitrogen and oxygen atoms in total. The maximum absolute atomic E-state index is 10.9. The molecule has 0 heterocycles. The van der Waals surface area contributed by atoms with Crippen LogP contribution in [0.1, 0.15) is 28.4 Å². The molecule has 0 aliphatic carbocycles. The van der Waals surface area contributed by atoms with Crippen molar-refractivity contribution in [3.05, 3.63) is 28.8 Å². The van der Waals surface area contributed by atoms with Crippen LogP contribution in [0.5, 0.6) is 0 Å². The predicted octanol–water partition coefficient (Wildman–Crippen LogP) is 1.84. The molecule has 0 bridgehead atoms. The summed E-state index contributed by atoms with van der Waals surface area (Å²) < 4.78 is 0. The van der Waals surface area contributed by atoms with Crippen molar-refractivity contribution in [3.8, 4) is 0 Å². The number of aryl methyl sites for hydroxylation is 1. The summed E-state index contributed by atoms with van der Waals surface area (Å²) in [6.45, 7) is 3.68. The number of carboxylic acids is 1. The molecule has 0 atom stereocenters. The van der Waals surface area contributed by atoms with Crippen molar-refractivity contribution in [1.29, 1.82) is 0 Å². The summed E-state index contributed by atoms with van der Waals surface area (Å²) in [5.74, 6) is -0.901. The lowest BCUT2D eigenvalue weighted by Crippen LogP contribution is -2.07. The maximum Gasteiger partial charge on any atom is 0.336 e. The molecule has 3 heteroatoms. The number of aromatic carboxylic acids is 1. The molecular weight excluding hydrogens is 166 g/mol. The van der Waals surface area contributed by atoms with Crippen LogP contribution in [0, 0.1) is 6.92 Å². The molecule has 0 spiro atoms. The fraction of sp³-hybridized carbons (Fsp3) is 0.300. The number of hydrogen-bond acceptors (Lipinski definition) is 2. The van der Waals surface area contributed by atoms with Crippen molar-refractivity contribution in [1.82, 2.24) is 0 Å². The number of hydrogen-bond donors (Lipinski definition) is 2. The van der Waals surface area contributed by atoms with Crippen LogP contribution in [-0.2, 0) is 6.42 Å². The summed E-state index contributed by atoms with van der Waals surface area (Å²) in [4.78, 5) is 10.9.